The molecule has 2 rings (SSSR count). The van der Waals surface area contributed by atoms with Gasteiger partial charge in [-0.05, 0) is 32.8 Å². The van der Waals surface area contributed by atoms with Crippen LogP contribution >= 0.6 is 0 Å². The highest BCUT2D eigenvalue weighted by Crippen LogP contribution is 2.26. The van der Waals surface area contributed by atoms with E-state index in [1.165, 1.54) is 12.1 Å². The van der Waals surface area contributed by atoms with Crippen molar-refractivity contribution < 1.29 is 13.9 Å². The summed E-state index contributed by atoms with van der Waals surface area (Å²) in [6.45, 7) is 3.43. The molecule has 1 unspecified atom stereocenters. The molecule has 1 aromatic carbocycles. The zero-order valence-corrected chi connectivity index (χ0v) is 11.2. The lowest BCUT2D eigenvalue weighted by atomic mass is 10.1. The number of benzene rings is 1. The molecule has 1 aromatic rings. The van der Waals surface area contributed by atoms with Gasteiger partial charge in [0.05, 0.1) is 0 Å². The van der Waals surface area contributed by atoms with Crippen LogP contribution in [0.3, 0.4) is 0 Å². The number of hydrogen-bond acceptors (Lipinski definition) is 3. The van der Waals surface area contributed by atoms with Crippen LogP contribution in [0, 0.1) is 5.82 Å². The predicted octanol–water partition coefficient (Wildman–Crippen LogP) is 1.89. The lowest BCUT2D eigenvalue weighted by Crippen LogP contribution is -2.37. The quantitative estimate of drug-likeness (QED) is 0.855. The summed E-state index contributed by atoms with van der Waals surface area (Å²) in [4.78, 5) is 11.8. The molecule has 2 atom stereocenters. The van der Waals surface area contributed by atoms with Gasteiger partial charge in [0.1, 0.15) is 11.6 Å². The van der Waals surface area contributed by atoms with Crippen molar-refractivity contribution in [1.29, 1.82) is 0 Å². The van der Waals surface area contributed by atoms with Gasteiger partial charge in [-0.3, -0.25) is 4.79 Å². The van der Waals surface area contributed by atoms with E-state index in [1.807, 2.05) is 0 Å². The fourth-order valence-electron chi connectivity index (χ4n) is 1.78. The van der Waals surface area contributed by atoms with Crippen molar-refractivity contribution in [3.05, 3.63) is 29.6 Å². The van der Waals surface area contributed by atoms with E-state index in [0.717, 1.165) is 12.8 Å². The third kappa shape index (κ3) is 3.67. The second kappa shape index (κ2) is 5.57. The molecule has 0 heterocycles. The third-order valence-electron chi connectivity index (χ3n) is 3.06. The van der Waals surface area contributed by atoms with Crippen LogP contribution in [-0.4, -0.2) is 18.1 Å². The van der Waals surface area contributed by atoms with Crippen LogP contribution in [-0.2, 0) is 4.79 Å². The highest BCUT2D eigenvalue weighted by Gasteiger charge is 2.26. The number of nitrogens with one attached hydrogen (secondary N) is 1. The first-order chi connectivity index (χ1) is 8.97. The van der Waals surface area contributed by atoms with E-state index < -0.39 is 11.9 Å². The molecular formula is C14H19FN2O2. The summed E-state index contributed by atoms with van der Waals surface area (Å²) < 4.78 is 18.8. The molecule has 4 nitrogen and oxygen atoms in total. The average Bonchev–Trinajstić information content (AvgIpc) is 3.12. The largest absolute Gasteiger partial charge is 0.480 e. The summed E-state index contributed by atoms with van der Waals surface area (Å²) >= 11 is 0. The molecule has 104 valence electrons. The van der Waals surface area contributed by atoms with Crippen molar-refractivity contribution in [3.63, 3.8) is 0 Å². The average molecular weight is 266 g/mol. The first-order valence-electron chi connectivity index (χ1n) is 6.49. The highest BCUT2D eigenvalue weighted by molar-refractivity contribution is 5.81. The Morgan fingerprint density at radius 2 is 2.16 bits per heavy atom. The lowest BCUT2D eigenvalue weighted by molar-refractivity contribution is -0.127. The molecule has 0 radical (unpaired) electrons. The van der Waals surface area contributed by atoms with Crippen molar-refractivity contribution in [3.8, 4) is 5.75 Å². The van der Waals surface area contributed by atoms with Gasteiger partial charge < -0.3 is 15.8 Å². The minimum absolute atomic E-state index is 0.178. The van der Waals surface area contributed by atoms with E-state index >= 15 is 0 Å². The summed E-state index contributed by atoms with van der Waals surface area (Å²) in [6, 6.07) is 4.18. The molecule has 3 N–H and O–H groups in total. The van der Waals surface area contributed by atoms with Crippen molar-refractivity contribution in [1.82, 2.24) is 5.32 Å². The Hall–Kier alpha value is -1.62. The second-order valence-corrected chi connectivity index (χ2v) is 5.01. The Labute approximate surface area is 112 Å². The maximum absolute atomic E-state index is 13.3. The van der Waals surface area contributed by atoms with Crippen molar-refractivity contribution in [2.75, 3.05) is 0 Å². The predicted molar refractivity (Wildman–Crippen MR) is 70.3 cm³/mol. The minimum Gasteiger partial charge on any atom is -0.480 e. The molecule has 0 aliphatic heterocycles. The van der Waals surface area contributed by atoms with Gasteiger partial charge in [-0.1, -0.05) is 6.07 Å². The van der Waals surface area contributed by atoms with Crippen LogP contribution in [0.25, 0.3) is 0 Å². The SMILES string of the molecule is CC(Oc1cc(F)ccc1[C@H](C)N)C(=O)NC1CC1. The molecule has 1 amide bonds. The molecule has 1 aliphatic rings. The molecule has 0 spiro atoms. The summed E-state index contributed by atoms with van der Waals surface area (Å²) in [6.07, 6.45) is 1.37. The van der Waals surface area contributed by atoms with Crippen LogP contribution in [0.1, 0.15) is 38.3 Å². The van der Waals surface area contributed by atoms with Crippen molar-refractivity contribution >= 4 is 5.91 Å². The first-order valence-corrected chi connectivity index (χ1v) is 6.49. The molecule has 0 saturated heterocycles. The van der Waals surface area contributed by atoms with Gasteiger partial charge >= 0.3 is 0 Å². The summed E-state index contributed by atoms with van der Waals surface area (Å²) in [5, 5.41) is 2.85. The zero-order valence-electron chi connectivity index (χ0n) is 11.2. The fourth-order valence-corrected chi connectivity index (χ4v) is 1.78. The van der Waals surface area contributed by atoms with Gasteiger partial charge in [-0.15, -0.1) is 0 Å². The topological polar surface area (TPSA) is 64.3 Å². The van der Waals surface area contributed by atoms with Gasteiger partial charge in [-0.25, -0.2) is 4.39 Å². The monoisotopic (exact) mass is 266 g/mol. The van der Waals surface area contributed by atoms with E-state index in [9.17, 15) is 9.18 Å². The number of rotatable bonds is 5. The first kappa shape index (κ1) is 13.8. The molecule has 5 heteroatoms. The molecule has 19 heavy (non-hydrogen) atoms. The van der Waals surface area contributed by atoms with Gasteiger partial charge in [0, 0.05) is 23.7 Å². The molecule has 1 fully saturated rings. The number of carbonyl (C=O) groups is 1. The fraction of sp³-hybridized carbons (Fsp3) is 0.500. The number of halogens is 1. The smallest absolute Gasteiger partial charge is 0.260 e. The van der Waals surface area contributed by atoms with E-state index in [-0.39, 0.29) is 18.0 Å². The van der Waals surface area contributed by atoms with Crippen LogP contribution in [0.4, 0.5) is 4.39 Å². The Morgan fingerprint density at radius 3 is 2.74 bits per heavy atom. The molecule has 0 aromatic heterocycles. The number of amides is 1. The Morgan fingerprint density at radius 1 is 1.47 bits per heavy atom. The van der Waals surface area contributed by atoms with Crippen LogP contribution in [0.15, 0.2) is 18.2 Å². The molecule has 1 saturated carbocycles. The summed E-state index contributed by atoms with van der Waals surface area (Å²) in [5.74, 6) is -0.259. The van der Waals surface area contributed by atoms with Crippen LogP contribution < -0.4 is 15.8 Å². The maximum atomic E-state index is 13.3. The standard InChI is InChI=1S/C14H19FN2O2/c1-8(16)12-6-3-10(15)7-13(12)19-9(2)14(18)17-11-4-5-11/h3,6-9,11H,4-5,16H2,1-2H3,(H,17,18)/t8-,9?/m0/s1. The lowest BCUT2D eigenvalue weighted by Gasteiger charge is -2.18. The van der Waals surface area contributed by atoms with Gasteiger partial charge in [0.2, 0.25) is 0 Å². The van der Waals surface area contributed by atoms with Crippen molar-refractivity contribution in [2.45, 2.75) is 44.9 Å². The van der Waals surface area contributed by atoms with Crippen LogP contribution in [0.5, 0.6) is 5.75 Å². The summed E-state index contributed by atoms with van der Waals surface area (Å²) in [5.41, 5.74) is 6.49. The minimum atomic E-state index is -0.667. The van der Waals surface area contributed by atoms with E-state index in [0.29, 0.717) is 11.3 Å². The number of ether oxygens (including phenoxy) is 1. The Bertz CT molecular complexity index is 473. The Kier molecular flexibility index (Phi) is 4.04. The normalized spacial score (nSPS) is 17.7. The molecule has 0 bridgehead atoms. The van der Waals surface area contributed by atoms with E-state index in [2.05, 4.69) is 5.32 Å². The van der Waals surface area contributed by atoms with Crippen molar-refractivity contribution in [2.24, 2.45) is 5.73 Å². The third-order valence-corrected chi connectivity index (χ3v) is 3.06. The van der Waals surface area contributed by atoms with E-state index in [1.54, 1.807) is 19.9 Å². The van der Waals surface area contributed by atoms with Gasteiger partial charge in [0.25, 0.3) is 5.91 Å². The molecule has 1 aliphatic carbocycles. The zero-order chi connectivity index (χ0) is 14.0. The second-order valence-electron chi connectivity index (χ2n) is 5.01. The summed E-state index contributed by atoms with van der Waals surface area (Å²) in [7, 11) is 0. The number of carbonyl (C=O) groups excluding carboxylic acids is 1. The van der Waals surface area contributed by atoms with Gasteiger partial charge in [-0.2, -0.15) is 0 Å². The van der Waals surface area contributed by atoms with E-state index in [4.69, 9.17) is 10.5 Å². The maximum Gasteiger partial charge on any atom is 0.260 e. The number of hydrogen-bond donors (Lipinski definition) is 2. The Balaban J connectivity index is 2.07. The van der Waals surface area contributed by atoms with Gasteiger partial charge in [0.15, 0.2) is 6.10 Å². The molecular weight excluding hydrogens is 247 g/mol. The number of nitrogens with two attached hydrogens (primary N) is 1. The van der Waals surface area contributed by atoms with Crippen LogP contribution in [0.2, 0.25) is 0 Å². The highest BCUT2D eigenvalue weighted by atomic mass is 19.1.